The molecular formula is C24H28N2O3. The molecule has 1 aromatic heterocycles. The van der Waals surface area contributed by atoms with Crippen LogP contribution in [0.3, 0.4) is 0 Å². The van der Waals surface area contributed by atoms with Crippen LogP contribution in [0.5, 0.6) is 5.75 Å². The average Bonchev–Trinajstić information content (AvgIpc) is 2.73. The van der Waals surface area contributed by atoms with Gasteiger partial charge in [0.25, 0.3) is 0 Å². The number of aryl methyl sites for hydroxylation is 1. The van der Waals surface area contributed by atoms with Crippen molar-refractivity contribution in [1.82, 2.24) is 4.98 Å². The van der Waals surface area contributed by atoms with Gasteiger partial charge in [-0.25, -0.2) is 0 Å². The van der Waals surface area contributed by atoms with Crippen LogP contribution in [-0.4, -0.2) is 27.4 Å². The van der Waals surface area contributed by atoms with Crippen LogP contribution in [0.1, 0.15) is 56.4 Å². The van der Waals surface area contributed by atoms with E-state index in [9.17, 15) is 10.2 Å². The van der Waals surface area contributed by atoms with Crippen molar-refractivity contribution in [2.24, 2.45) is 5.92 Å². The molecule has 2 aliphatic carbocycles. The first-order chi connectivity index (χ1) is 13.9. The summed E-state index contributed by atoms with van der Waals surface area (Å²) in [6.07, 6.45) is 5.35. The van der Waals surface area contributed by atoms with Crippen LogP contribution in [0.15, 0.2) is 42.6 Å². The van der Waals surface area contributed by atoms with Crippen LogP contribution in [0, 0.1) is 17.2 Å². The van der Waals surface area contributed by atoms with E-state index in [1.165, 1.54) is 11.1 Å². The van der Waals surface area contributed by atoms with E-state index in [1.54, 1.807) is 13.1 Å². The third kappa shape index (κ3) is 3.02. The van der Waals surface area contributed by atoms with E-state index in [0.717, 1.165) is 19.3 Å². The van der Waals surface area contributed by atoms with Gasteiger partial charge >= 0.3 is 0 Å². The minimum absolute atomic E-state index is 0.0339. The van der Waals surface area contributed by atoms with E-state index in [1.807, 2.05) is 36.4 Å². The molecule has 2 aliphatic rings. The molecule has 5 nitrogen and oxygen atoms in total. The topological polar surface area (TPSA) is 86.4 Å². The number of fused-ring (bicyclic) bond motifs is 3. The molecule has 0 aliphatic heterocycles. The highest BCUT2D eigenvalue weighted by Gasteiger charge is 2.61. The van der Waals surface area contributed by atoms with Gasteiger partial charge in [-0.1, -0.05) is 19.1 Å². The van der Waals surface area contributed by atoms with Crippen molar-refractivity contribution in [2.75, 3.05) is 6.61 Å². The van der Waals surface area contributed by atoms with Crippen LogP contribution in [0.4, 0.5) is 0 Å². The minimum atomic E-state index is -1.37. The molecule has 0 amide bonds. The molecule has 1 heterocycles. The third-order valence-electron chi connectivity index (χ3n) is 7.27. The normalized spacial score (nSPS) is 33.3. The highest BCUT2D eigenvalue weighted by atomic mass is 16.5. The summed E-state index contributed by atoms with van der Waals surface area (Å²) >= 11 is 0. The lowest BCUT2D eigenvalue weighted by molar-refractivity contribution is -0.207. The molecule has 5 heteroatoms. The molecule has 1 saturated carbocycles. The second kappa shape index (κ2) is 7.12. The molecule has 1 aromatic carbocycles. The third-order valence-corrected chi connectivity index (χ3v) is 7.27. The summed E-state index contributed by atoms with van der Waals surface area (Å²) in [7, 11) is 0. The SMILES string of the molecule is CC[C@@]12CC(C)(O)C(O)(c3ccccn3)C[C@H]1CCc1cc(OCC#N)ccc12. The maximum Gasteiger partial charge on any atom is 0.174 e. The molecule has 2 N–H and O–H groups in total. The van der Waals surface area contributed by atoms with Crippen molar-refractivity contribution in [1.29, 1.82) is 5.26 Å². The first-order valence-electron chi connectivity index (χ1n) is 10.4. The van der Waals surface area contributed by atoms with Crippen molar-refractivity contribution in [3.05, 3.63) is 59.4 Å². The number of hydrogen-bond acceptors (Lipinski definition) is 5. The Kier molecular flexibility index (Phi) is 4.88. The second-order valence-corrected chi connectivity index (χ2v) is 8.74. The summed E-state index contributed by atoms with van der Waals surface area (Å²) in [5.74, 6) is 0.959. The van der Waals surface area contributed by atoms with E-state index in [2.05, 4.69) is 18.0 Å². The van der Waals surface area contributed by atoms with Crippen LogP contribution in [0.2, 0.25) is 0 Å². The number of nitrogens with zero attached hydrogens (tertiary/aromatic N) is 2. The van der Waals surface area contributed by atoms with E-state index >= 15 is 0 Å². The minimum Gasteiger partial charge on any atom is -0.479 e. The fraction of sp³-hybridized carbons (Fsp3) is 0.500. The van der Waals surface area contributed by atoms with Gasteiger partial charge in [-0.3, -0.25) is 4.98 Å². The monoisotopic (exact) mass is 392 g/mol. The molecule has 2 aromatic rings. The van der Waals surface area contributed by atoms with E-state index in [-0.39, 0.29) is 17.9 Å². The lowest BCUT2D eigenvalue weighted by atomic mass is 9.49. The van der Waals surface area contributed by atoms with Crippen LogP contribution in [-0.2, 0) is 17.4 Å². The lowest BCUT2D eigenvalue weighted by Crippen LogP contribution is -2.62. The van der Waals surface area contributed by atoms with Crippen molar-refractivity contribution in [3.8, 4) is 11.8 Å². The van der Waals surface area contributed by atoms with Gasteiger partial charge in [-0.2, -0.15) is 5.26 Å². The first-order valence-corrected chi connectivity index (χ1v) is 10.4. The predicted octanol–water partition coefficient (Wildman–Crippen LogP) is 3.63. The maximum absolute atomic E-state index is 11.6. The van der Waals surface area contributed by atoms with Gasteiger partial charge in [-0.05, 0) is 80.3 Å². The van der Waals surface area contributed by atoms with Gasteiger partial charge in [0.05, 0.1) is 11.3 Å². The lowest BCUT2D eigenvalue weighted by Gasteiger charge is -2.58. The second-order valence-electron chi connectivity index (χ2n) is 8.74. The van der Waals surface area contributed by atoms with Gasteiger partial charge in [-0.15, -0.1) is 0 Å². The Hall–Kier alpha value is -2.42. The summed E-state index contributed by atoms with van der Waals surface area (Å²) in [6.45, 7) is 3.95. The van der Waals surface area contributed by atoms with Gasteiger partial charge in [0.2, 0.25) is 0 Å². The summed E-state index contributed by atoms with van der Waals surface area (Å²) in [5.41, 5.74) is 0.122. The number of pyridine rings is 1. The quantitative estimate of drug-likeness (QED) is 0.830. The molecular weight excluding hydrogens is 364 g/mol. The van der Waals surface area contributed by atoms with Crippen LogP contribution < -0.4 is 4.74 Å². The Labute approximate surface area is 172 Å². The summed E-state index contributed by atoms with van der Waals surface area (Å²) in [5, 5.41) is 31.9. The molecule has 0 saturated heterocycles. The Morgan fingerprint density at radius 3 is 2.79 bits per heavy atom. The fourth-order valence-corrected chi connectivity index (χ4v) is 5.76. The predicted molar refractivity (Wildman–Crippen MR) is 109 cm³/mol. The van der Waals surface area contributed by atoms with Gasteiger partial charge in [0, 0.05) is 11.6 Å². The summed E-state index contributed by atoms with van der Waals surface area (Å²) < 4.78 is 5.50. The van der Waals surface area contributed by atoms with E-state index in [4.69, 9.17) is 10.00 Å². The number of aliphatic hydroxyl groups is 2. The number of ether oxygens (including phenoxy) is 1. The molecule has 4 rings (SSSR count). The molecule has 0 radical (unpaired) electrons. The fourth-order valence-electron chi connectivity index (χ4n) is 5.76. The molecule has 2 unspecified atom stereocenters. The van der Waals surface area contributed by atoms with Gasteiger partial charge < -0.3 is 14.9 Å². The largest absolute Gasteiger partial charge is 0.479 e. The maximum atomic E-state index is 11.6. The highest BCUT2D eigenvalue weighted by molar-refractivity contribution is 5.45. The van der Waals surface area contributed by atoms with Crippen molar-refractivity contribution in [2.45, 2.75) is 62.6 Å². The van der Waals surface area contributed by atoms with Crippen LogP contribution >= 0.6 is 0 Å². The molecule has 0 bridgehead atoms. The Bertz CT molecular complexity index is 937. The Morgan fingerprint density at radius 1 is 1.28 bits per heavy atom. The zero-order chi connectivity index (χ0) is 20.7. The van der Waals surface area contributed by atoms with Crippen LogP contribution in [0.25, 0.3) is 0 Å². The molecule has 1 fully saturated rings. The number of nitriles is 1. The molecule has 29 heavy (non-hydrogen) atoms. The summed E-state index contributed by atoms with van der Waals surface area (Å²) in [4.78, 5) is 4.39. The highest BCUT2D eigenvalue weighted by Crippen LogP contribution is 2.59. The van der Waals surface area contributed by atoms with Gasteiger partial charge in [0.1, 0.15) is 17.4 Å². The zero-order valence-electron chi connectivity index (χ0n) is 17.1. The molecule has 4 atom stereocenters. The zero-order valence-corrected chi connectivity index (χ0v) is 17.1. The average molecular weight is 392 g/mol. The van der Waals surface area contributed by atoms with E-state index in [0.29, 0.717) is 24.3 Å². The molecule has 0 spiro atoms. The van der Waals surface area contributed by atoms with Crippen molar-refractivity contribution < 1.29 is 14.9 Å². The number of rotatable bonds is 4. The number of benzene rings is 1. The Balaban J connectivity index is 1.75. The van der Waals surface area contributed by atoms with E-state index < -0.39 is 11.2 Å². The van der Waals surface area contributed by atoms with Gasteiger partial charge in [0.15, 0.2) is 6.61 Å². The Morgan fingerprint density at radius 2 is 2.10 bits per heavy atom. The standard InChI is InChI=1S/C24H28N2O3/c1-3-23-16-22(2,27)24(28,21-6-4-5-12-26-21)15-18(23)8-7-17-14-19(29-13-11-25)9-10-20(17)23/h4-6,9-10,12,14,18,27-28H,3,7-8,13,15-16H2,1-2H3/t18-,22?,23-,24?/m1/s1. The van der Waals surface area contributed by atoms with Crippen molar-refractivity contribution >= 4 is 0 Å². The number of aromatic nitrogens is 1. The number of hydrogen-bond donors (Lipinski definition) is 2. The first kappa shape index (κ1) is 19.9. The summed E-state index contributed by atoms with van der Waals surface area (Å²) in [6, 6.07) is 13.5. The smallest absolute Gasteiger partial charge is 0.174 e. The molecule has 152 valence electrons. The van der Waals surface area contributed by atoms with Crippen molar-refractivity contribution in [3.63, 3.8) is 0 Å².